The number of hydrogen-bond acceptors (Lipinski definition) is 2. The zero-order valence-corrected chi connectivity index (χ0v) is 11.7. The Morgan fingerprint density at radius 1 is 1.25 bits per heavy atom. The van der Waals surface area contributed by atoms with Crippen molar-refractivity contribution >= 4 is 17.4 Å². The van der Waals surface area contributed by atoms with Gasteiger partial charge in [-0.1, -0.05) is 48.0 Å². The summed E-state index contributed by atoms with van der Waals surface area (Å²) in [5.74, 6) is -0.537. The highest BCUT2D eigenvalue weighted by Crippen LogP contribution is 2.23. The highest BCUT2D eigenvalue weighted by atomic mass is 35.5. The van der Waals surface area contributed by atoms with Crippen molar-refractivity contribution in [1.29, 1.82) is 0 Å². The first-order chi connectivity index (χ1) is 9.61. The smallest absolute Gasteiger partial charge is 0.170 e. The quantitative estimate of drug-likeness (QED) is 0.833. The molecule has 0 fully saturated rings. The van der Waals surface area contributed by atoms with Crippen molar-refractivity contribution in [3.63, 3.8) is 0 Å². The Labute approximate surface area is 122 Å². The lowest BCUT2D eigenvalue weighted by Crippen LogP contribution is -2.17. The van der Waals surface area contributed by atoms with Crippen LogP contribution in [0.15, 0.2) is 48.5 Å². The first-order valence-electron chi connectivity index (χ1n) is 6.16. The van der Waals surface area contributed by atoms with Crippen LogP contribution in [0.3, 0.4) is 0 Å². The van der Waals surface area contributed by atoms with Crippen LogP contribution in [0.2, 0.25) is 5.02 Å². The maximum Gasteiger partial charge on any atom is 0.170 e. The average Bonchev–Trinajstić information content (AvgIpc) is 2.44. The van der Waals surface area contributed by atoms with E-state index in [4.69, 9.17) is 16.3 Å². The van der Waals surface area contributed by atoms with E-state index in [1.807, 2.05) is 30.3 Å². The van der Waals surface area contributed by atoms with Crippen LogP contribution in [0, 0.1) is 5.82 Å². The number of ether oxygens (including phenoxy) is 1. The fourth-order valence-electron chi connectivity index (χ4n) is 2.03. The summed E-state index contributed by atoms with van der Waals surface area (Å²) in [5.41, 5.74) is 1.38. The van der Waals surface area contributed by atoms with Crippen molar-refractivity contribution in [3.05, 3.63) is 70.5 Å². The summed E-state index contributed by atoms with van der Waals surface area (Å²) >= 11 is 5.93. The topological polar surface area (TPSA) is 26.3 Å². The Morgan fingerprint density at radius 2 is 1.95 bits per heavy atom. The molecule has 1 unspecified atom stereocenters. The van der Waals surface area contributed by atoms with E-state index in [1.54, 1.807) is 0 Å². The van der Waals surface area contributed by atoms with Gasteiger partial charge in [-0.15, -0.1) is 0 Å². The summed E-state index contributed by atoms with van der Waals surface area (Å²) in [5, 5.41) is 0.251. The van der Waals surface area contributed by atoms with Gasteiger partial charge >= 0.3 is 0 Å². The summed E-state index contributed by atoms with van der Waals surface area (Å²) in [6.45, 7) is 0. The van der Waals surface area contributed by atoms with Gasteiger partial charge in [0.1, 0.15) is 11.9 Å². The third-order valence-electron chi connectivity index (χ3n) is 3.01. The fourth-order valence-corrected chi connectivity index (χ4v) is 2.26. The lowest BCUT2D eigenvalue weighted by Gasteiger charge is -2.15. The van der Waals surface area contributed by atoms with Crippen LogP contribution in [0.5, 0.6) is 0 Å². The van der Waals surface area contributed by atoms with Crippen LogP contribution in [-0.2, 0) is 16.0 Å². The largest absolute Gasteiger partial charge is 0.369 e. The Bertz CT molecular complexity index is 599. The zero-order chi connectivity index (χ0) is 14.5. The van der Waals surface area contributed by atoms with Crippen molar-refractivity contribution < 1.29 is 13.9 Å². The van der Waals surface area contributed by atoms with Gasteiger partial charge in [-0.2, -0.15) is 0 Å². The van der Waals surface area contributed by atoms with E-state index in [0.29, 0.717) is 5.56 Å². The van der Waals surface area contributed by atoms with Crippen molar-refractivity contribution in [1.82, 2.24) is 0 Å². The van der Waals surface area contributed by atoms with E-state index in [1.165, 1.54) is 25.3 Å². The predicted molar refractivity (Wildman–Crippen MR) is 76.3 cm³/mol. The molecule has 1 atom stereocenters. The monoisotopic (exact) mass is 292 g/mol. The number of rotatable bonds is 5. The minimum absolute atomic E-state index is 0.104. The van der Waals surface area contributed by atoms with E-state index >= 15 is 0 Å². The highest BCUT2D eigenvalue weighted by molar-refractivity contribution is 6.31. The van der Waals surface area contributed by atoms with Gasteiger partial charge in [0, 0.05) is 18.6 Å². The molecule has 0 aromatic heterocycles. The van der Waals surface area contributed by atoms with Gasteiger partial charge in [0.25, 0.3) is 0 Å². The first kappa shape index (κ1) is 14.7. The molecule has 0 radical (unpaired) electrons. The molecule has 2 rings (SSSR count). The molecule has 4 heteroatoms. The van der Waals surface area contributed by atoms with Crippen molar-refractivity contribution in [2.45, 2.75) is 12.5 Å². The van der Waals surface area contributed by atoms with Gasteiger partial charge < -0.3 is 4.74 Å². The number of methoxy groups -OCH3 is 1. The Balaban J connectivity index is 2.18. The Morgan fingerprint density at radius 3 is 2.55 bits per heavy atom. The second-order valence-electron chi connectivity index (χ2n) is 4.41. The summed E-state index contributed by atoms with van der Waals surface area (Å²) in [7, 11) is 1.49. The highest BCUT2D eigenvalue weighted by Gasteiger charge is 2.20. The molecule has 2 aromatic carbocycles. The van der Waals surface area contributed by atoms with Gasteiger partial charge in [0.2, 0.25) is 0 Å². The Kier molecular flexibility index (Phi) is 4.88. The maximum absolute atomic E-state index is 13.0. The fraction of sp³-hybridized carbons (Fsp3) is 0.188. The standard InChI is InChI=1S/C16H14ClFO2/c1-20-16(11-5-3-2-4-6-11)15(19)9-12-7-8-13(18)10-14(12)17/h2-8,10,16H,9H2,1H3. The molecule has 0 saturated heterocycles. The second-order valence-corrected chi connectivity index (χ2v) is 4.81. The molecular weight excluding hydrogens is 279 g/mol. The molecule has 0 aliphatic rings. The number of benzene rings is 2. The summed E-state index contributed by atoms with van der Waals surface area (Å²) in [6, 6.07) is 13.2. The van der Waals surface area contributed by atoms with Gasteiger partial charge in [0.05, 0.1) is 0 Å². The van der Waals surface area contributed by atoms with Gasteiger partial charge in [-0.3, -0.25) is 4.79 Å². The summed E-state index contributed by atoms with van der Waals surface area (Å²) < 4.78 is 18.2. The molecule has 0 spiro atoms. The zero-order valence-electron chi connectivity index (χ0n) is 11.0. The number of halogens is 2. The van der Waals surface area contributed by atoms with Gasteiger partial charge in [-0.05, 0) is 23.3 Å². The first-order valence-corrected chi connectivity index (χ1v) is 6.54. The third-order valence-corrected chi connectivity index (χ3v) is 3.36. The third kappa shape index (κ3) is 3.44. The average molecular weight is 293 g/mol. The minimum atomic E-state index is -0.641. The van der Waals surface area contributed by atoms with E-state index in [9.17, 15) is 9.18 Å². The van der Waals surface area contributed by atoms with E-state index in [2.05, 4.69) is 0 Å². The molecular formula is C16H14ClFO2. The molecule has 104 valence electrons. The van der Waals surface area contributed by atoms with Crippen LogP contribution in [0.1, 0.15) is 17.2 Å². The normalized spacial score (nSPS) is 12.2. The minimum Gasteiger partial charge on any atom is -0.369 e. The molecule has 0 amide bonds. The number of hydrogen-bond donors (Lipinski definition) is 0. The molecule has 0 N–H and O–H groups in total. The molecule has 0 saturated carbocycles. The van der Waals surface area contributed by atoms with Crippen LogP contribution >= 0.6 is 11.6 Å². The van der Waals surface area contributed by atoms with Crippen LogP contribution < -0.4 is 0 Å². The SMILES string of the molecule is COC(C(=O)Cc1ccc(F)cc1Cl)c1ccccc1. The summed E-state index contributed by atoms with van der Waals surface area (Å²) in [4.78, 5) is 12.3. The molecule has 0 heterocycles. The molecule has 2 aromatic rings. The van der Waals surface area contributed by atoms with Crippen molar-refractivity contribution in [3.8, 4) is 0 Å². The van der Waals surface area contributed by atoms with E-state index < -0.39 is 11.9 Å². The molecule has 2 nitrogen and oxygen atoms in total. The van der Waals surface area contributed by atoms with Gasteiger partial charge in [-0.25, -0.2) is 4.39 Å². The van der Waals surface area contributed by atoms with E-state index in [-0.39, 0.29) is 17.2 Å². The Hall–Kier alpha value is -1.71. The second kappa shape index (κ2) is 6.64. The lowest BCUT2D eigenvalue weighted by molar-refractivity contribution is -0.128. The van der Waals surface area contributed by atoms with Crippen LogP contribution in [-0.4, -0.2) is 12.9 Å². The number of ketones is 1. The molecule has 0 aliphatic carbocycles. The predicted octanol–water partition coefficient (Wildman–Crippen LogP) is 3.98. The summed E-state index contributed by atoms with van der Waals surface area (Å²) in [6.07, 6.45) is -0.538. The molecule has 0 aliphatic heterocycles. The number of carbonyl (C=O) groups excluding carboxylic acids is 1. The van der Waals surface area contributed by atoms with Crippen LogP contribution in [0.4, 0.5) is 4.39 Å². The van der Waals surface area contributed by atoms with Crippen molar-refractivity contribution in [2.24, 2.45) is 0 Å². The number of Topliss-reactive ketones (excluding diaryl/α,β-unsaturated/α-hetero) is 1. The molecule has 0 bridgehead atoms. The van der Waals surface area contributed by atoms with Crippen molar-refractivity contribution in [2.75, 3.05) is 7.11 Å². The maximum atomic E-state index is 13.0. The number of carbonyl (C=O) groups is 1. The lowest BCUT2D eigenvalue weighted by atomic mass is 10.00. The van der Waals surface area contributed by atoms with Crippen LogP contribution in [0.25, 0.3) is 0 Å². The van der Waals surface area contributed by atoms with E-state index in [0.717, 1.165) is 5.56 Å². The molecule has 20 heavy (non-hydrogen) atoms. The van der Waals surface area contributed by atoms with Gasteiger partial charge in [0.15, 0.2) is 5.78 Å².